The first-order chi connectivity index (χ1) is 2.80. The molecule has 30 valence electrons. The molecule has 1 aliphatic rings. The van der Waals surface area contributed by atoms with Crippen LogP contribution in [0.4, 0.5) is 0 Å². The average molecular weight is 72.1 g/mol. The molecule has 1 heteroatoms. The summed E-state index contributed by atoms with van der Waals surface area (Å²) in [5.74, 6) is 0. The zero-order chi connectivity index (χ0) is 4.57. The van der Waals surface area contributed by atoms with E-state index in [1.165, 1.54) is 0 Å². The van der Waals surface area contributed by atoms with Crippen molar-refractivity contribution in [1.82, 2.24) is 5.32 Å². The zero-order valence-electron chi connectivity index (χ0n) is 4.36. The SMILES string of the molecule is [2H]C1CNC1C. The van der Waals surface area contributed by atoms with Crippen molar-refractivity contribution in [1.29, 1.82) is 0 Å². The Morgan fingerprint density at radius 3 is 2.80 bits per heavy atom. The first-order valence-corrected chi connectivity index (χ1v) is 1.96. The van der Waals surface area contributed by atoms with E-state index in [2.05, 4.69) is 5.32 Å². The van der Waals surface area contributed by atoms with Crippen LogP contribution in [0, 0.1) is 0 Å². The normalized spacial score (nSPS) is 54.2. The molecule has 1 heterocycles. The fraction of sp³-hybridized carbons (Fsp3) is 1.00. The van der Waals surface area contributed by atoms with Crippen LogP contribution in [-0.2, 0) is 0 Å². The highest BCUT2D eigenvalue weighted by molar-refractivity contribution is 4.70. The Balaban J connectivity index is 2.20. The smallest absolute Gasteiger partial charge is 0.0295 e. The summed E-state index contributed by atoms with van der Waals surface area (Å²) in [5.41, 5.74) is 0. The van der Waals surface area contributed by atoms with Crippen LogP contribution in [-0.4, -0.2) is 12.6 Å². The van der Waals surface area contributed by atoms with E-state index in [4.69, 9.17) is 1.37 Å². The van der Waals surface area contributed by atoms with Crippen molar-refractivity contribution in [2.75, 3.05) is 6.54 Å². The van der Waals surface area contributed by atoms with Crippen LogP contribution >= 0.6 is 0 Å². The summed E-state index contributed by atoms with van der Waals surface area (Å²) in [5, 5.41) is 3.07. The third-order valence-electron chi connectivity index (χ3n) is 0.911. The van der Waals surface area contributed by atoms with Gasteiger partial charge in [-0.15, -0.1) is 0 Å². The number of hydrogen-bond donors (Lipinski definition) is 1. The molecule has 0 bridgehead atoms. The maximum absolute atomic E-state index is 7.06. The van der Waals surface area contributed by atoms with E-state index in [-0.39, 0.29) is 6.40 Å². The lowest BCUT2D eigenvalue weighted by Crippen LogP contribution is -2.39. The molecule has 0 aromatic heterocycles. The molecule has 0 saturated carbocycles. The summed E-state index contributed by atoms with van der Waals surface area (Å²) in [4.78, 5) is 0. The minimum atomic E-state index is 0.171. The molecular weight excluding hydrogens is 62.1 g/mol. The van der Waals surface area contributed by atoms with Crippen LogP contribution in [0.5, 0.6) is 0 Å². The zero-order valence-corrected chi connectivity index (χ0v) is 3.36. The third-order valence-corrected chi connectivity index (χ3v) is 0.911. The van der Waals surface area contributed by atoms with Gasteiger partial charge in [-0.3, -0.25) is 0 Å². The minimum absolute atomic E-state index is 0.171. The molecule has 1 saturated heterocycles. The summed E-state index contributed by atoms with van der Waals surface area (Å²) in [7, 11) is 0. The van der Waals surface area contributed by atoms with Gasteiger partial charge < -0.3 is 5.32 Å². The van der Waals surface area contributed by atoms with Gasteiger partial charge in [-0.2, -0.15) is 0 Å². The molecule has 2 atom stereocenters. The predicted octanol–water partition coefficient (Wildman–Crippen LogP) is 0.368. The first kappa shape index (κ1) is 2.19. The highest BCUT2D eigenvalue weighted by atomic mass is 15.0. The summed E-state index contributed by atoms with van der Waals surface area (Å²) in [6.07, 6.45) is 0.171. The van der Waals surface area contributed by atoms with Gasteiger partial charge in [0.15, 0.2) is 0 Å². The Morgan fingerprint density at radius 1 is 2.20 bits per heavy atom. The van der Waals surface area contributed by atoms with E-state index in [9.17, 15) is 0 Å². The Hall–Kier alpha value is -0.0400. The molecule has 0 aliphatic carbocycles. The van der Waals surface area contributed by atoms with Crippen LogP contribution in [0.25, 0.3) is 0 Å². The summed E-state index contributed by atoms with van der Waals surface area (Å²) >= 11 is 0. The molecule has 1 fully saturated rings. The van der Waals surface area contributed by atoms with E-state index >= 15 is 0 Å². The van der Waals surface area contributed by atoms with Crippen molar-refractivity contribution in [3.63, 3.8) is 0 Å². The van der Waals surface area contributed by atoms with Crippen molar-refractivity contribution in [3.8, 4) is 0 Å². The van der Waals surface area contributed by atoms with Gasteiger partial charge >= 0.3 is 0 Å². The van der Waals surface area contributed by atoms with Crippen molar-refractivity contribution < 1.29 is 1.37 Å². The summed E-state index contributed by atoms with van der Waals surface area (Å²) in [6.45, 7) is 2.92. The van der Waals surface area contributed by atoms with Crippen molar-refractivity contribution in [3.05, 3.63) is 0 Å². The van der Waals surface area contributed by atoms with Gasteiger partial charge in [-0.1, -0.05) is 0 Å². The van der Waals surface area contributed by atoms with Crippen LogP contribution in [0.15, 0.2) is 0 Å². The van der Waals surface area contributed by atoms with Gasteiger partial charge in [0.25, 0.3) is 0 Å². The van der Waals surface area contributed by atoms with Gasteiger partial charge in [0, 0.05) is 7.41 Å². The monoisotopic (exact) mass is 72.1 g/mol. The van der Waals surface area contributed by atoms with E-state index < -0.39 is 0 Å². The molecule has 0 amide bonds. The maximum atomic E-state index is 7.06. The van der Waals surface area contributed by atoms with Crippen LogP contribution in [0.2, 0.25) is 0 Å². The lowest BCUT2D eigenvalue weighted by molar-refractivity contribution is 0.399. The Labute approximate surface area is 33.8 Å². The average Bonchev–Trinajstić information content (AvgIpc) is 1.61. The Morgan fingerprint density at radius 2 is 2.80 bits per heavy atom. The third kappa shape index (κ3) is 0.428. The molecule has 1 nitrogen and oxygen atoms in total. The van der Waals surface area contributed by atoms with Crippen molar-refractivity contribution >= 4 is 0 Å². The van der Waals surface area contributed by atoms with Crippen LogP contribution in [0.3, 0.4) is 0 Å². The van der Waals surface area contributed by atoms with E-state index in [1.54, 1.807) is 0 Å². The molecular formula is C4H9N. The van der Waals surface area contributed by atoms with E-state index in [0.717, 1.165) is 6.54 Å². The van der Waals surface area contributed by atoms with Gasteiger partial charge in [0.2, 0.25) is 0 Å². The first-order valence-electron chi connectivity index (χ1n) is 2.54. The molecule has 1 rings (SSSR count). The van der Waals surface area contributed by atoms with Crippen LogP contribution in [0.1, 0.15) is 14.7 Å². The van der Waals surface area contributed by atoms with Crippen LogP contribution < -0.4 is 5.32 Å². The molecule has 0 aromatic rings. The molecule has 5 heavy (non-hydrogen) atoms. The fourth-order valence-electron chi connectivity index (χ4n) is 0.354. The second-order valence-electron chi connectivity index (χ2n) is 1.43. The molecule has 2 unspecified atom stereocenters. The van der Waals surface area contributed by atoms with Crippen molar-refractivity contribution in [2.24, 2.45) is 0 Å². The highest BCUT2D eigenvalue weighted by Crippen LogP contribution is 1.96. The molecule has 1 N–H and O–H groups in total. The number of nitrogens with one attached hydrogen (secondary N) is 1. The Kier molecular flexibility index (Phi) is 0.428. The minimum Gasteiger partial charge on any atom is -0.314 e. The predicted molar refractivity (Wildman–Crippen MR) is 22.1 cm³/mol. The standard InChI is InChI=1S/C4H9N/c1-4-2-3-5-4/h4-5H,2-3H2,1H3/i2D. The Bertz CT molecular complexity index is 47.5. The number of rotatable bonds is 0. The van der Waals surface area contributed by atoms with E-state index in [0.29, 0.717) is 6.04 Å². The number of hydrogen-bond acceptors (Lipinski definition) is 1. The molecule has 1 aliphatic heterocycles. The molecule has 0 aromatic carbocycles. The lowest BCUT2D eigenvalue weighted by Gasteiger charge is -2.22. The van der Waals surface area contributed by atoms with Gasteiger partial charge in [0.05, 0.1) is 0 Å². The maximum Gasteiger partial charge on any atom is 0.0295 e. The van der Waals surface area contributed by atoms with Crippen molar-refractivity contribution in [2.45, 2.75) is 19.4 Å². The second-order valence-corrected chi connectivity index (χ2v) is 1.43. The topological polar surface area (TPSA) is 12.0 Å². The summed E-state index contributed by atoms with van der Waals surface area (Å²) < 4.78 is 7.06. The molecule has 0 radical (unpaired) electrons. The molecule has 0 spiro atoms. The van der Waals surface area contributed by atoms with Gasteiger partial charge in [-0.05, 0) is 19.9 Å². The summed E-state index contributed by atoms with van der Waals surface area (Å²) in [6, 6.07) is 0.449. The quantitative estimate of drug-likeness (QED) is 0.436. The second kappa shape index (κ2) is 0.977. The highest BCUT2D eigenvalue weighted by Gasteiger charge is 2.07. The lowest BCUT2D eigenvalue weighted by atomic mass is 10.1. The van der Waals surface area contributed by atoms with Gasteiger partial charge in [0.1, 0.15) is 0 Å². The van der Waals surface area contributed by atoms with Gasteiger partial charge in [-0.25, -0.2) is 0 Å². The fourth-order valence-corrected chi connectivity index (χ4v) is 0.354. The largest absolute Gasteiger partial charge is 0.314 e. The van der Waals surface area contributed by atoms with E-state index in [1.807, 2.05) is 6.92 Å².